The minimum atomic E-state index is -0.132. The van der Waals surface area contributed by atoms with Crippen LogP contribution in [0.4, 0.5) is 0 Å². The highest BCUT2D eigenvalue weighted by molar-refractivity contribution is 6.30. The number of hydrogen-bond donors (Lipinski definition) is 1. The van der Waals surface area contributed by atoms with E-state index in [2.05, 4.69) is 18.2 Å². The Kier molecular flexibility index (Phi) is 4.09. The molecule has 3 fully saturated rings. The second-order valence-corrected chi connectivity index (χ2v) is 8.98. The Morgan fingerprint density at radius 3 is 2.83 bits per heavy atom. The molecule has 4 aliphatic carbocycles. The average molecular weight is 347 g/mol. The van der Waals surface area contributed by atoms with Crippen molar-refractivity contribution in [2.45, 2.75) is 70.8 Å². The zero-order valence-corrected chi connectivity index (χ0v) is 15.2. The standard InChI is InChI=1S/C21H27ClO2/c1-20-10-8-18-16(17(20)5-6-19(20)24)4-3-14-13-15(23)7-11-21(14,18)9-2-12-22/h13,16-19,24H,3-11H2,1H3/t16-,17-,18-,19-,20-,21-/m0/s1. The lowest BCUT2D eigenvalue weighted by molar-refractivity contribution is -0.118. The molecule has 0 aliphatic heterocycles. The van der Waals surface area contributed by atoms with Crippen LogP contribution < -0.4 is 0 Å². The van der Waals surface area contributed by atoms with E-state index in [4.69, 9.17) is 11.6 Å². The van der Waals surface area contributed by atoms with Crippen LogP contribution in [0, 0.1) is 39.9 Å². The van der Waals surface area contributed by atoms with Crippen LogP contribution in [0.3, 0.4) is 0 Å². The zero-order valence-electron chi connectivity index (χ0n) is 14.5. The van der Waals surface area contributed by atoms with Gasteiger partial charge in [-0.1, -0.05) is 18.4 Å². The lowest BCUT2D eigenvalue weighted by atomic mass is 9.46. The molecule has 6 atom stereocenters. The number of carbonyl (C=O) groups is 1. The number of aliphatic hydroxyl groups excluding tert-OH is 1. The Morgan fingerprint density at radius 1 is 1.21 bits per heavy atom. The maximum Gasteiger partial charge on any atom is 0.155 e. The highest BCUT2D eigenvalue weighted by Gasteiger charge is 2.59. The number of fused-ring (bicyclic) bond motifs is 5. The van der Waals surface area contributed by atoms with Crippen molar-refractivity contribution in [3.05, 3.63) is 11.6 Å². The number of rotatable bonds is 1. The SMILES string of the molecule is C[C@]12CC[C@H]3[C@@H](CCC4=CC(=O)CC[C@@]43CC#CCl)[C@@H]1CC[C@@H]2O. The first-order valence-electron chi connectivity index (χ1n) is 9.52. The predicted octanol–water partition coefficient (Wildman–Crippen LogP) is 4.45. The monoisotopic (exact) mass is 346 g/mol. The summed E-state index contributed by atoms with van der Waals surface area (Å²) in [6.45, 7) is 2.31. The molecule has 24 heavy (non-hydrogen) atoms. The van der Waals surface area contributed by atoms with Gasteiger partial charge in [0.25, 0.3) is 0 Å². The Morgan fingerprint density at radius 2 is 2.04 bits per heavy atom. The van der Waals surface area contributed by atoms with Crippen molar-refractivity contribution >= 4 is 17.4 Å². The lowest BCUT2D eigenvalue weighted by Gasteiger charge is -2.58. The molecular weight excluding hydrogens is 320 g/mol. The van der Waals surface area contributed by atoms with Gasteiger partial charge in [0.1, 0.15) is 0 Å². The summed E-state index contributed by atoms with van der Waals surface area (Å²) in [5, 5.41) is 13.1. The highest BCUT2D eigenvalue weighted by atomic mass is 35.5. The van der Waals surface area contributed by atoms with Crippen LogP contribution in [0.15, 0.2) is 11.6 Å². The normalized spacial score (nSPS) is 47.0. The molecule has 4 rings (SSSR count). The third-order valence-corrected chi connectivity index (χ3v) is 8.24. The molecule has 0 spiro atoms. The molecule has 0 aromatic carbocycles. The topological polar surface area (TPSA) is 37.3 Å². The van der Waals surface area contributed by atoms with E-state index in [0.29, 0.717) is 24.2 Å². The second-order valence-electron chi connectivity index (χ2n) is 8.79. The number of hydrogen-bond acceptors (Lipinski definition) is 2. The summed E-state index contributed by atoms with van der Waals surface area (Å²) in [5.74, 6) is 5.34. The molecule has 0 aromatic rings. The van der Waals surface area contributed by atoms with Crippen LogP contribution in [-0.2, 0) is 4.79 Å². The van der Waals surface area contributed by atoms with Gasteiger partial charge in [-0.2, -0.15) is 0 Å². The number of allylic oxidation sites excluding steroid dienone is 1. The minimum absolute atomic E-state index is 0.0631. The van der Waals surface area contributed by atoms with Gasteiger partial charge in [-0.05, 0) is 85.8 Å². The van der Waals surface area contributed by atoms with Gasteiger partial charge in [-0.3, -0.25) is 4.79 Å². The zero-order chi connectivity index (χ0) is 16.9. The largest absolute Gasteiger partial charge is 0.393 e. The van der Waals surface area contributed by atoms with Crippen molar-refractivity contribution in [2.24, 2.45) is 28.6 Å². The maximum absolute atomic E-state index is 12.0. The van der Waals surface area contributed by atoms with E-state index >= 15 is 0 Å². The Labute approximate surface area is 150 Å². The summed E-state index contributed by atoms with van der Waals surface area (Å²) >= 11 is 5.70. The summed E-state index contributed by atoms with van der Waals surface area (Å²) in [6, 6.07) is 0. The molecule has 0 amide bonds. The van der Waals surface area contributed by atoms with Gasteiger partial charge in [0.2, 0.25) is 0 Å². The van der Waals surface area contributed by atoms with Gasteiger partial charge in [-0.15, -0.1) is 0 Å². The van der Waals surface area contributed by atoms with Crippen molar-refractivity contribution in [3.8, 4) is 11.3 Å². The van der Waals surface area contributed by atoms with Gasteiger partial charge in [-0.25, -0.2) is 0 Å². The van der Waals surface area contributed by atoms with Gasteiger partial charge < -0.3 is 5.11 Å². The molecule has 3 saturated carbocycles. The van der Waals surface area contributed by atoms with E-state index in [1.807, 2.05) is 6.08 Å². The molecule has 2 nitrogen and oxygen atoms in total. The number of ketones is 1. The summed E-state index contributed by atoms with van der Waals surface area (Å²) in [4.78, 5) is 12.0. The van der Waals surface area contributed by atoms with Crippen LogP contribution in [0.25, 0.3) is 0 Å². The number of aliphatic hydroxyl groups is 1. The van der Waals surface area contributed by atoms with Crippen molar-refractivity contribution in [2.75, 3.05) is 0 Å². The summed E-state index contributed by atoms with van der Waals surface area (Å²) in [7, 11) is 0. The smallest absolute Gasteiger partial charge is 0.155 e. The molecule has 0 aromatic heterocycles. The molecule has 1 N–H and O–H groups in total. The molecule has 0 heterocycles. The van der Waals surface area contributed by atoms with E-state index in [-0.39, 0.29) is 22.7 Å². The molecule has 0 unspecified atom stereocenters. The first-order valence-corrected chi connectivity index (χ1v) is 9.89. The number of carbonyl (C=O) groups excluding carboxylic acids is 1. The third kappa shape index (κ3) is 2.24. The fourth-order valence-electron chi connectivity index (χ4n) is 6.86. The average Bonchev–Trinajstić information content (AvgIpc) is 2.88. The third-order valence-electron chi connectivity index (χ3n) is 8.11. The first kappa shape index (κ1) is 16.7. The van der Waals surface area contributed by atoms with Crippen LogP contribution >= 0.6 is 11.6 Å². The van der Waals surface area contributed by atoms with E-state index in [1.54, 1.807) is 0 Å². The van der Waals surface area contributed by atoms with Gasteiger partial charge in [0, 0.05) is 23.6 Å². The van der Waals surface area contributed by atoms with Gasteiger partial charge in [0.05, 0.1) is 6.10 Å². The van der Waals surface area contributed by atoms with Gasteiger partial charge >= 0.3 is 0 Å². The molecule has 0 radical (unpaired) electrons. The van der Waals surface area contributed by atoms with E-state index in [0.717, 1.165) is 44.9 Å². The Bertz CT molecular complexity index is 642. The van der Waals surface area contributed by atoms with E-state index < -0.39 is 0 Å². The minimum Gasteiger partial charge on any atom is -0.393 e. The lowest BCUT2D eigenvalue weighted by Crippen LogP contribution is -2.52. The van der Waals surface area contributed by atoms with Crippen LogP contribution in [-0.4, -0.2) is 17.0 Å². The summed E-state index contributed by atoms with van der Waals surface area (Å²) in [6.07, 6.45) is 10.8. The predicted molar refractivity (Wildman–Crippen MR) is 95.3 cm³/mol. The van der Waals surface area contributed by atoms with Crippen molar-refractivity contribution < 1.29 is 9.90 Å². The molecule has 130 valence electrons. The van der Waals surface area contributed by atoms with Crippen molar-refractivity contribution in [1.82, 2.24) is 0 Å². The molecular formula is C21H27ClO2. The van der Waals surface area contributed by atoms with Crippen molar-refractivity contribution in [3.63, 3.8) is 0 Å². The molecule has 3 heteroatoms. The van der Waals surface area contributed by atoms with E-state index in [1.165, 1.54) is 12.0 Å². The molecule has 0 bridgehead atoms. The summed E-state index contributed by atoms with van der Waals surface area (Å²) in [5.41, 5.74) is 1.52. The molecule has 4 aliphatic rings. The molecule has 0 saturated heterocycles. The van der Waals surface area contributed by atoms with Crippen LogP contribution in [0.5, 0.6) is 0 Å². The highest BCUT2D eigenvalue weighted by Crippen LogP contribution is 2.66. The van der Waals surface area contributed by atoms with E-state index in [9.17, 15) is 9.90 Å². The van der Waals surface area contributed by atoms with Crippen LogP contribution in [0.2, 0.25) is 0 Å². The van der Waals surface area contributed by atoms with Gasteiger partial charge in [0.15, 0.2) is 5.78 Å². The maximum atomic E-state index is 12.0. The van der Waals surface area contributed by atoms with Crippen LogP contribution in [0.1, 0.15) is 64.7 Å². The number of halogens is 1. The second kappa shape index (κ2) is 5.89. The first-order chi connectivity index (χ1) is 11.5. The summed E-state index contributed by atoms with van der Waals surface area (Å²) < 4.78 is 0. The fourth-order valence-corrected chi connectivity index (χ4v) is 6.92. The Hall–Kier alpha value is -0.780. The fraction of sp³-hybridized carbons (Fsp3) is 0.762. The quantitative estimate of drug-likeness (QED) is 0.712. The Balaban J connectivity index is 1.73. The van der Waals surface area contributed by atoms with Crippen molar-refractivity contribution in [1.29, 1.82) is 0 Å².